The van der Waals surface area contributed by atoms with E-state index in [-0.39, 0.29) is 0 Å². The summed E-state index contributed by atoms with van der Waals surface area (Å²) in [6.45, 7) is 3.05. The highest BCUT2D eigenvalue weighted by Crippen LogP contribution is 2.47. The molecule has 2 aliphatic rings. The molecule has 3 heterocycles. The van der Waals surface area contributed by atoms with E-state index in [9.17, 15) is 0 Å². The van der Waals surface area contributed by atoms with Crippen LogP contribution in [0.5, 0.6) is 0 Å². The third-order valence-corrected chi connectivity index (χ3v) is 5.28. The highest BCUT2D eigenvalue weighted by Gasteiger charge is 2.43. The Balaban J connectivity index is 1.29. The van der Waals surface area contributed by atoms with Crippen LogP contribution in [0.4, 0.5) is 0 Å². The van der Waals surface area contributed by atoms with Crippen molar-refractivity contribution in [3.63, 3.8) is 0 Å². The van der Waals surface area contributed by atoms with Crippen LogP contribution in [0.2, 0.25) is 0 Å². The van der Waals surface area contributed by atoms with Gasteiger partial charge in [0.15, 0.2) is 11.7 Å². The molecule has 0 unspecified atom stereocenters. The van der Waals surface area contributed by atoms with Gasteiger partial charge in [0.05, 0.1) is 6.26 Å². The molecule has 4 rings (SSSR count). The van der Waals surface area contributed by atoms with Crippen LogP contribution >= 0.6 is 0 Å². The van der Waals surface area contributed by atoms with Crippen molar-refractivity contribution >= 4 is 5.96 Å². The van der Waals surface area contributed by atoms with Crippen molar-refractivity contribution in [2.45, 2.75) is 32.1 Å². The van der Waals surface area contributed by atoms with Gasteiger partial charge in [0.25, 0.3) is 0 Å². The summed E-state index contributed by atoms with van der Waals surface area (Å²) in [5.74, 6) is 3.14. The summed E-state index contributed by atoms with van der Waals surface area (Å²) in [6.07, 6.45) is 7.86. The highest BCUT2D eigenvalue weighted by atomic mass is 16.3. The SMILES string of the molecule is CN=C(NCCc1nc(-c2ccco2)n[nH]1)N1CCC2(CCC2)C1. The van der Waals surface area contributed by atoms with Crippen LogP contribution in [0.3, 0.4) is 0 Å². The summed E-state index contributed by atoms with van der Waals surface area (Å²) in [5, 5.41) is 10.6. The highest BCUT2D eigenvalue weighted by molar-refractivity contribution is 5.80. The normalized spacial score (nSPS) is 19.7. The molecule has 0 aromatic carbocycles. The van der Waals surface area contributed by atoms with E-state index in [0.717, 1.165) is 37.8 Å². The number of nitrogens with one attached hydrogen (secondary N) is 2. The average Bonchev–Trinajstić information content (AvgIpc) is 3.30. The van der Waals surface area contributed by atoms with Crippen LogP contribution in [0.1, 0.15) is 31.5 Å². The number of nitrogens with zero attached hydrogens (tertiary/aromatic N) is 4. The Kier molecular flexibility index (Phi) is 4.00. The molecule has 1 aliphatic carbocycles. The molecule has 0 atom stereocenters. The molecule has 1 spiro atoms. The Labute approximate surface area is 141 Å². The number of hydrogen-bond donors (Lipinski definition) is 2. The maximum atomic E-state index is 5.31. The summed E-state index contributed by atoms with van der Waals surface area (Å²) >= 11 is 0. The van der Waals surface area contributed by atoms with Crippen LogP contribution in [-0.2, 0) is 6.42 Å². The molecule has 0 bridgehead atoms. The van der Waals surface area contributed by atoms with Crippen molar-refractivity contribution in [1.29, 1.82) is 0 Å². The number of aliphatic imine (C=N–C) groups is 1. The zero-order valence-corrected chi connectivity index (χ0v) is 14.1. The second-order valence-corrected chi connectivity index (χ2v) is 6.83. The molecule has 1 saturated carbocycles. The van der Waals surface area contributed by atoms with Gasteiger partial charge in [-0.3, -0.25) is 10.1 Å². The summed E-state index contributed by atoms with van der Waals surface area (Å²) in [4.78, 5) is 11.3. The van der Waals surface area contributed by atoms with E-state index in [1.54, 1.807) is 6.26 Å². The van der Waals surface area contributed by atoms with E-state index in [0.29, 0.717) is 17.0 Å². The van der Waals surface area contributed by atoms with Gasteiger partial charge >= 0.3 is 0 Å². The zero-order valence-electron chi connectivity index (χ0n) is 14.1. The standard InChI is InChI=1S/C17H24N6O/c1-18-16(23-10-8-17(12-23)6-3-7-17)19-9-5-14-20-15(22-21-14)13-4-2-11-24-13/h2,4,11H,3,5-10,12H2,1H3,(H,18,19)(H,20,21,22). The number of furan rings is 1. The van der Waals surface area contributed by atoms with Gasteiger partial charge in [-0.05, 0) is 36.8 Å². The minimum absolute atomic E-state index is 0.584. The van der Waals surface area contributed by atoms with Crippen LogP contribution in [0, 0.1) is 5.41 Å². The van der Waals surface area contributed by atoms with E-state index in [4.69, 9.17) is 4.42 Å². The molecule has 2 N–H and O–H groups in total. The van der Waals surface area contributed by atoms with Crippen molar-refractivity contribution in [3.8, 4) is 11.6 Å². The van der Waals surface area contributed by atoms with Crippen LogP contribution in [-0.4, -0.2) is 52.7 Å². The number of aromatic amines is 1. The van der Waals surface area contributed by atoms with Gasteiger partial charge in [-0.1, -0.05) is 6.42 Å². The van der Waals surface area contributed by atoms with E-state index < -0.39 is 0 Å². The van der Waals surface area contributed by atoms with Crippen molar-refractivity contribution in [2.24, 2.45) is 10.4 Å². The minimum Gasteiger partial charge on any atom is -0.461 e. The molecule has 128 valence electrons. The lowest BCUT2D eigenvalue weighted by molar-refractivity contribution is 0.151. The lowest BCUT2D eigenvalue weighted by Crippen LogP contribution is -2.43. The Hall–Kier alpha value is -2.31. The quantitative estimate of drug-likeness (QED) is 0.663. The maximum absolute atomic E-state index is 5.31. The minimum atomic E-state index is 0.584. The second kappa shape index (κ2) is 6.30. The summed E-state index contributed by atoms with van der Waals surface area (Å²) in [6, 6.07) is 3.69. The van der Waals surface area contributed by atoms with Gasteiger partial charge in [0.1, 0.15) is 5.82 Å². The Morgan fingerprint density at radius 2 is 2.38 bits per heavy atom. The number of hydrogen-bond acceptors (Lipinski definition) is 4. The zero-order chi connectivity index (χ0) is 16.4. The molecule has 24 heavy (non-hydrogen) atoms. The molecule has 1 aliphatic heterocycles. The number of rotatable bonds is 4. The third kappa shape index (κ3) is 2.90. The Morgan fingerprint density at radius 1 is 1.46 bits per heavy atom. The van der Waals surface area contributed by atoms with E-state index in [1.165, 1.54) is 25.7 Å². The molecule has 2 aromatic rings. The lowest BCUT2D eigenvalue weighted by Gasteiger charge is -2.38. The largest absolute Gasteiger partial charge is 0.461 e. The number of likely N-dealkylation sites (tertiary alicyclic amines) is 1. The van der Waals surface area contributed by atoms with Crippen LogP contribution in [0.25, 0.3) is 11.6 Å². The van der Waals surface area contributed by atoms with Gasteiger partial charge in [-0.2, -0.15) is 5.10 Å². The van der Waals surface area contributed by atoms with Crippen molar-refractivity contribution in [3.05, 3.63) is 24.2 Å². The first-order valence-corrected chi connectivity index (χ1v) is 8.69. The molecular weight excluding hydrogens is 304 g/mol. The van der Waals surface area contributed by atoms with Crippen molar-refractivity contribution in [2.75, 3.05) is 26.7 Å². The fourth-order valence-electron chi connectivity index (χ4n) is 3.75. The molecule has 2 fully saturated rings. The first-order valence-electron chi connectivity index (χ1n) is 8.69. The van der Waals surface area contributed by atoms with E-state index in [1.807, 2.05) is 19.2 Å². The number of aromatic nitrogens is 3. The molecule has 7 nitrogen and oxygen atoms in total. The first kappa shape index (κ1) is 15.2. The fourth-order valence-corrected chi connectivity index (χ4v) is 3.75. The summed E-state index contributed by atoms with van der Waals surface area (Å²) in [7, 11) is 1.86. The number of guanidine groups is 1. The molecule has 0 radical (unpaired) electrons. The molecule has 1 saturated heterocycles. The summed E-state index contributed by atoms with van der Waals surface area (Å²) in [5.41, 5.74) is 0.584. The predicted octanol–water partition coefficient (Wildman–Crippen LogP) is 2.06. The Bertz CT molecular complexity index is 700. The van der Waals surface area contributed by atoms with Crippen molar-refractivity contribution < 1.29 is 4.42 Å². The van der Waals surface area contributed by atoms with Gasteiger partial charge in [-0.25, -0.2) is 4.98 Å². The Morgan fingerprint density at radius 3 is 3.04 bits per heavy atom. The lowest BCUT2D eigenvalue weighted by atomic mass is 9.68. The van der Waals surface area contributed by atoms with Gasteiger partial charge < -0.3 is 14.6 Å². The average molecular weight is 328 g/mol. The summed E-state index contributed by atoms with van der Waals surface area (Å²) < 4.78 is 5.31. The predicted molar refractivity (Wildman–Crippen MR) is 91.6 cm³/mol. The monoisotopic (exact) mass is 328 g/mol. The topological polar surface area (TPSA) is 82.3 Å². The van der Waals surface area contributed by atoms with E-state index in [2.05, 4.69) is 30.4 Å². The van der Waals surface area contributed by atoms with E-state index >= 15 is 0 Å². The van der Waals surface area contributed by atoms with Crippen LogP contribution in [0.15, 0.2) is 27.8 Å². The maximum Gasteiger partial charge on any atom is 0.216 e. The van der Waals surface area contributed by atoms with Gasteiger partial charge in [0, 0.05) is 33.1 Å². The number of H-pyrrole nitrogens is 1. The van der Waals surface area contributed by atoms with Gasteiger partial charge in [0.2, 0.25) is 5.82 Å². The van der Waals surface area contributed by atoms with Crippen molar-refractivity contribution in [1.82, 2.24) is 25.4 Å². The fraction of sp³-hybridized carbons (Fsp3) is 0.588. The third-order valence-electron chi connectivity index (χ3n) is 5.28. The molecular formula is C17H24N6O. The second-order valence-electron chi connectivity index (χ2n) is 6.83. The molecule has 7 heteroatoms. The van der Waals surface area contributed by atoms with Gasteiger partial charge in [-0.15, -0.1) is 0 Å². The molecule has 2 aromatic heterocycles. The molecule has 0 amide bonds. The smallest absolute Gasteiger partial charge is 0.216 e. The van der Waals surface area contributed by atoms with Crippen LogP contribution < -0.4 is 5.32 Å². The first-order chi connectivity index (χ1) is 11.8.